The number of carbonyl (C=O) groups excluding carboxylic acids is 1. The normalized spacial score (nSPS) is 10.6. The molecule has 0 aliphatic carbocycles. The van der Waals surface area contributed by atoms with Crippen molar-refractivity contribution in [3.8, 4) is 0 Å². The first-order chi connectivity index (χ1) is 13.1. The molecule has 0 atom stereocenters. The van der Waals surface area contributed by atoms with Gasteiger partial charge >= 0.3 is 0 Å². The molecule has 1 heterocycles. The third kappa shape index (κ3) is 4.44. The van der Waals surface area contributed by atoms with Gasteiger partial charge in [-0.2, -0.15) is 0 Å². The molecule has 138 valence electrons. The average molecular weight is 384 g/mol. The fourth-order valence-electron chi connectivity index (χ4n) is 2.80. The Kier molecular flexibility index (Phi) is 6.04. The number of amides is 1. The first-order valence-corrected chi connectivity index (χ1v) is 8.86. The van der Waals surface area contributed by atoms with Crippen LogP contribution in [0.4, 0.5) is 4.39 Å². The summed E-state index contributed by atoms with van der Waals surface area (Å²) in [5.41, 5.74) is 0.984. The van der Waals surface area contributed by atoms with Gasteiger partial charge in [0.1, 0.15) is 11.6 Å². The maximum Gasteiger partial charge on any atom is 0.257 e. The van der Waals surface area contributed by atoms with Crippen LogP contribution in [0.5, 0.6) is 0 Å². The van der Waals surface area contributed by atoms with Crippen LogP contribution in [0.1, 0.15) is 21.7 Å². The van der Waals surface area contributed by atoms with Crippen LogP contribution < -0.4 is 0 Å². The van der Waals surface area contributed by atoms with Crippen molar-refractivity contribution in [3.63, 3.8) is 0 Å². The van der Waals surface area contributed by atoms with Crippen LogP contribution >= 0.6 is 11.6 Å². The molecule has 3 aromatic rings. The van der Waals surface area contributed by atoms with E-state index in [1.165, 1.54) is 17.0 Å². The summed E-state index contributed by atoms with van der Waals surface area (Å²) in [6, 6.07) is 13.5. The van der Waals surface area contributed by atoms with Gasteiger partial charge < -0.3 is 9.47 Å². The summed E-state index contributed by atoms with van der Waals surface area (Å²) in [5.74, 6) is -0.266. The molecule has 2 aromatic carbocycles. The summed E-state index contributed by atoms with van der Waals surface area (Å²) in [7, 11) is 0. The summed E-state index contributed by atoms with van der Waals surface area (Å²) < 4.78 is 15.9. The lowest BCUT2D eigenvalue weighted by molar-refractivity contribution is 0.0752. The Morgan fingerprint density at radius 3 is 2.70 bits per heavy atom. The van der Waals surface area contributed by atoms with E-state index >= 15 is 0 Å². The first-order valence-electron chi connectivity index (χ1n) is 8.48. The number of hydrogen-bond donors (Lipinski definition) is 0. The molecule has 4 nitrogen and oxygen atoms in total. The molecule has 0 bridgehead atoms. The third-order valence-corrected chi connectivity index (χ3v) is 4.54. The van der Waals surface area contributed by atoms with Crippen molar-refractivity contribution < 1.29 is 9.18 Å². The number of rotatable bonds is 7. The van der Waals surface area contributed by atoms with Crippen molar-refractivity contribution in [2.24, 2.45) is 0 Å². The van der Waals surface area contributed by atoms with Crippen LogP contribution in [0.3, 0.4) is 0 Å². The fraction of sp³-hybridized carbons (Fsp3) is 0.143. The zero-order valence-electron chi connectivity index (χ0n) is 14.7. The van der Waals surface area contributed by atoms with E-state index in [2.05, 4.69) is 11.6 Å². The topological polar surface area (TPSA) is 38.1 Å². The molecule has 0 N–H and O–H groups in total. The van der Waals surface area contributed by atoms with Crippen molar-refractivity contribution in [3.05, 3.63) is 101 Å². The average Bonchev–Trinajstić information content (AvgIpc) is 3.10. The van der Waals surface area contributed by atoms with Gasteiger partial charge in [-0.15, -0.1) is 6.58 Å². The highest BCUT2D eigenvalue weighted by molar-refractivity contribution is 6.31. The van der Waals surface area contributed by atoms with Crippen molar-refractivity contribution in [2.45, 2.75) is 13.1 Å². The minimum absolute atomic E-state index is 0.0311. The van der Waals surface area contributed by atoms with E-state index < -0.39 is 11.7 Å². The molecule has 0 fully saturated rings. The molecular weight excluding hydrogens is 365 g/mol. The molecule has 0 saturated heterocycles. The van der Waals surface area contributed by atoms with Gasteiger partial charge in [0.2, 0.25) is 0 Å². The second kappa shape index (κ2) is 8.64. The standard InChI is InChI=1S/C21H19ClFN3O/c1-2-12-26(21(27)17-8-4-6-10-19(17)23)15-20-24-11-13-25(20)14-16-7-3-5-9-18(16)22/h2-11,13H,1,12,14-15H2. The van der Waals surface area contributed by atoms with E-state index in [0.717, 1.165) is 5.56 Å². The zero-order valence-corrected chi connectivity index (χ0v) is 15.4. The van der Waals surface area contributed by atoms with Crippen molar-refractivity contribution in [1.82, 2.24) is 14.5 Å². The SMILES string of the molecule is C=CCN(Cc1nccn1Cc1ccccc1Cl)C(=O)c1ccccc1F. The van der Waals surface area contributed by atoms with Crippen LogP contribution in [-0.2, 0) is 13.1 Å². The Balaban J connectivity index is 1.83. The van der Waals surface area contributed by atoms with Crippen molar-refractivity contribution >= 4 is 17.5 Å². The zero-order chi connectivity index (χ0) is 19.2. The minimum atomic E-state index is -0.545. The summed E-state index contributed by atoms with van der Waals surface area (Å²) in [6.45, 7) is 4.75. The molecule has 0 unspecified atom stereocenters. The summed E-state index contributed by atoms with van der Waals surface area (Å²) >= 11 is 6.24. The smallest absolute Gasteiger partial charge is 0.257 e. The number of aromatic nitrogens is 2. The molecule has 3 rings (SSSR count). The highest BCUT2D eigenvalue weighted by atomic mass is 35.5. The molecule has 0 aliphatic rings. The van der Waals surface area contributed by atoms with Crippen LogP contribution in [0, 0.1) is 5.82 Å². The maximum atomic E-state index is 14.0. The number of benzene rings is 2. The summed E-state index contributed by atoms with van der Waals surface area (Å²) in [6.07, 6.45) is 5.12. The molecule has 27 heavy (non-hydrogen) atoms. The van der Waals surface area contributed by atoms with Gasteiger partial charge in [0, 0.05) is 24.0 Å². The van der Waals surface area contributed by atoms with Crippen LogP contribution in [0.25, 0.3) is 0 Å². The monoisotopic (exact) mass is 383 g/mol. The minimum Gasteiger partial charge on any atom is -0.329 e. The fourth-order valence-corrected chi connectivity index (χ4v) is 2.99. The second-order valence-corrected chi connectivity index (χ2v) is 6.42. The molecule has 0 spiro atoms. The van der Waals surface area contributed by atoms with E-state index in [-0.39, 0.29) is 18.7 Å². The van der Waals surface area contributed by atoms with E-state index in [1.54, 1.807) is 24.4 Å². The molecule has 0 aliphatic heterocycles. The van der Waals surface area contributed by atoms with Crippen molar-refractivity contribution in [2.75, 3.05) is 6.54 Å². The van der Waals surface area contributed by atoms with Gasteiger partial charge in [-0.1, -0.05) is 48.0 Å². The molecular formula is C21H19ClFN3O. The number of halogens is 2. The molecule has 1 amide bonds. The Morgan fingerprint density at radius 2 is 1.96 bits per heavy atom. The predicted molar refractivity (Wildman–Crippen MR) is 104 cm³/mol. The Morgan fingerprint density at radius 1 is 1.22 bits per heavy atom. The highest BCUT2D eigenvalue weighted by Gasteiger charge is 2.20. The van der Waals surface area contributed by atoms with Crippen LogP contribution in [-0.4, -0.2) is 26.9 Å². The number of hydrogen-bond acceptors (Lipinski definition) is 2. The Labute approximate surface area is 162 Å². The predicted octanol–water partition coefficient (Wildman–Crippen LogP) is 4.55. The second-order valence-electron chi connectivity index (χ2n) is 6.02. The lowest BCUT2D eigenvalue weighted by Gasteiger charge is -2.22. The third-order valence-electron chi connectivity index (χ3n) is 4.17. The lowest BCUT2D eigenvalue weighted by Crippen LogP contribution is -2.32. The van der Waals surface area contributed by atoms with Gasteiger partial charge in [0.15, 0.2) is 0 Å². The highest BCUT2D eigenvalue weighted by Crippen LogP contribution is 2.18. The van der Waals surface area contributed by atoms with E-state index in [9.17, 15) is 9.18 Å². The van der Waals surface area contributed by atoms with E-state index in [4.69, 9.17) is 11.6 Å². The van der Waals surface area contributed by atoms with Gasteiger partial charge in [0.25, 0.3) is 5.91 Å². The molecule has 1 aromatic heterocycles. The number of imidazole rings is 1. The summed E-state index contributed by atoms with van der Waals surface area (Å²) in [5, 5.41) is 0.669. The van der Waals surface area contributed by atoms with E-state index in [1.807, 2.05) is 35.0 Å². The van der Waals surface area contributed by atoms with Crippen LogP contribution in [0.15, 0.2) is 73.6 Å². The molecule has 0 radical (unpaired) electrons. The molecule has 6 heteroatoms. The maximum absolute atomic E-state index is 14.0. The quantitative estimate of drug-likeness (QED) is 0.561. The van der Waals surface area contributed by atoms with E-state index in [0.29, 0.717) is 17.4 Å². The van der Waals surface area contributed by atoms with Gasteiger partial charge in [0.05, 0.1) is 18.7 Å². The molecule has 0 saturated carbocycles. The largest absolute Gasteiger partial charge is 0.329 e. The van der Waals surface area contributed by atoms with Crippen molar-refractivity contribution in [1.29, 1.82) is 0 Å². The van der Waals surface area contributed by atoms with Gasteiger partial charge in [-0.05, 0) is 23.8 Å². The first kappa shape index (κ1) is 18.9. The van der Waals surface area contributed by atoms with Gasteiger partial charge in [-0.25, -0.2) is 9.37 Å². The summed E-state index contributed by atoms with van der Waals surface area (Å²) in [4.78, 5) is 18.7. The van der Waals surface area contributed by atoms with Crippen LogP contribution in [0.2, 0.25) is 5.02 Å². The van der Waals surface area contributed by atoms with Gasteiger partial charge in [-0.3, -0.25) is 4.79 Å². The lowest BCUT2D eigenvalue weighted by atomic mass is 10.2. The Bertz CT molecular complexity index is 954. The Hall–Kier alpha value is -2.92. The number of nitrogens with zero attached hydrogens (tertiary/aromatic N) is 3. The number of carbonyl (C=O) groups is 1.